The first-order valence-electron chi connectivity index (χ1n) is 9.22. The van der Waals surface area contributed by atoms with Gasteiger partial charge in [0.25, 0.3) is 0 Å². The summed E-state index contributed by atoms with van der Waals surface area (Å²) in [5.41, 5.74) is 1.15. The first kappa shape index (κ1) is 16.4. The maximum Gasteiger partial charge on any atom is 0.167 e. The number of hydrogen-bond acceptors (Lipinski definition) is 8. The van der Waals surface area contributed by atoms with Crippen LogP contribution < -0.4 is 5.32 Å². The maximum absolute atomic E-state index is 10.3. The van der Waals surface area contributed by atoms with Crippen LogP contribution >= 0.6 is 0 Å². The van der Waals surface area contributed by atoms with Crippen LogP contribution in [0.4, 0.5) is 5.82 Å². The highest BCUT2D eigenvalue weighted by Crippen LogP contribution is 2.45. The fourth-order valence-corrected chi connectivity index (χ4v) is 4.85. The zero-order valence-corrected chi connectivity index (χ0v) is 14.3. The van der Waals surface area contributed by atoms with Crippen LogP contribution in [0, 0.1) is 11.8 Å². The Labute approximate surface area is 150 Å². The number of rotatable bonds is 4. The van der Waals surface area contributed by atoms with E-state index in [2.05, 4.69) is 20.3 Å². The van der Waals surface area contributed by atoms with Gasteiger partial charge in [0.2, 0.25) is 0 Å². The first-order chi connectivity index (χ1) is 12.7. The standard InChI is InChI=1S/C17H23N5O4/c23-5-11-13(24)14(25)17(26-11)22-7-20-12-15(18-6-19-16(12)22)21-10-4-8-1-2-9(10)3-8/h6-11,13-14,17,23-25H,1-5H2,(H,18,19,21)/t8-,9+,10-,11-,13-,14-,17-/m1/s1. The number of fused-ring (bicyclic) bond motifs is 3. The van der Waals surface area contributed by atoms with Crippen LogP contribution in [0.25, 0.3) is 11.2 Å². The van der Waals surface area contributed by atoms with Gasteiger partial charge in [-0.2, -0.15) is 0 Å². The van der Waals surface area contributed by atoms with Gasteiger partial charge in [-0.15, -0.1) is 0 Å². The van der Waals surface area contributed by atoms with E-state index in [1.165, 1.54) is 38.3 Å². The molecule has 3 heterocycles. The Morgan fingerprint density at radius 2 is 2.04 bits per heavy atom. The number of aliphatic hydroxyl groups excluding tert-OH is 3. The Morgan fingerprint density at radius 3 is 2.73 bits per heavy atom. The summed E-state index contributed by atoms with van der Waals surface area (Å²) in [5.74, 6) is 2.22. The molecule has 140 valence electrons. The molecule has 2 aromatic rings. The highest BCUT2D eigenvalue weighted by molar-refractivity contribution is 5.82. The van der Waals surface area contributed by atoms with Crippen molar-refractivity contribution in [3.63, 3.8) is 0 Å². The first-order valence-corrected chi connectivity index (χ1v) is 9.22. The Bertz CT molecular complexity index is 814. The number of imidazole rings is 1. The number of anilines is 1. The monoisotopic (exact) mass is 361 g/mol. The van der Waals surface area contributed by atoms with Gasteiger partial charge < -0.3 is 25.4 Å². The molecule has 9 nitrogen and oxygen atoms in total. The van der Waals surface area contributed by atoms with Crippen molar-refractivity contribution in [3.05, 3.63) is 12.7 Å². The Hall–Kier alpha value is -1.81. The molecule has 0 unspecified atom stereocenters. The van der Waals surface area contributed by atoms with Gasteiger partial charge in [-0.05, 0) is 31.1 Å². The zero-order valence-electron chi connectivity index (χ0n) is 14.3. The molecule has 2 saturated carbocycles. The van der Waals surface area contributed by atoms with Crippen LogP contribution in [0.1, 0.15) is 31.9 Å². The van der Waals surface area contributed by atoms with Crippen LogP contribution in [-0.4, -0.2) is 65.8 Å². The second-order valence-corrected chi connectivity index (χ2v) is 7.70. The van der Waals surface area contributed by atoms with Crippen LogP contribution in [0.5, 0.6) is 0 Å². The summed E-state index contributed by atoms with van der Waals surface area (Å²) in [4.78, 5) is 13.1. The number of aromatic nitrogens is 4. The largest absolute Gasteiger partial charge is 0.394 e. The molecular weight excluding hydrogens is 338 g/mol. The molecule has 5 rings (SSSR count). The predicted octanol–water partition coefficient (Wildman–Crippen LogP) is 0.0383. The molecule has 1 aliphatic heterocycles. The number of ether oxygens (including phenoxy) is 1. The molecule has 2 aliphatic carbocycles. The molecule has 0 amide bonds. The smallest absolute Gasteiger partial charge is 0.167 e. The maximum atomic E-state index is 10.3. The Kier molecular flexibility index (Phi) is 3.85. The average Bonchev–Trinajstić information content (AvgIpc) is 3.41. The van der Waals surface area contributed by atoms with Crippen LogP contribution in [-0.2, 0) is 4.74 Å². The van der Waals surface area contributed by atoms with Gasteiger partial charge in [-0.1, -0.05) is 6.42 Å². The Balaban J connectivity index is 1.44. The van der Waals surface area contributed by atoms with Crippen molar-refractivity contribution in [2.75, 3.05) is 11.9 Å². The van der Waals surface area contributed by atoms with Crippen molar-refractivity contribution in [1.29, 1.82) is 0 Å². The minimum atomic E-state index is -1.17. The normalized spacial score (nSPS) is 39.1. The molecule has 26 heavy (non-hydrogen) atoms. The van der Waals surface area contributed by atoms with Crippen molar-refractivity contribution in [1.82, 2.24) is 19.5 Å². The van der Waals surface area contributed by atoms with E-state index < -0.39 is 24.5 Å². The van der Waals surface area contributed by atoms with E-state index in [1.54, 1.807) is 4.57 Å². The van der Waals surface area contributed by atoms with Gasteiger partial charge in [-0.25, -0.2) is 15.0 Å². The average molecular weight is 361 g/mol. The summed E-state index contributed by atoms with van der Waals surface area (Å²) in [7, 11) is 0. The second kappa shape index (κ2) is 6.12. The van der Waals surface area contributed by atoms with Crippen molar-refractivity contribution >= 4 is 17.0 Å². The van der Waals surface area contributed by atoms with Crippen molar-refractivity contribution < 1.29 is 20.1 Å². The number of aliphatic hydroxyl groups is 3. The molecule has 4 N–H and O–H groups in total. The van der Waals surface area contributed by atoms with Crippen molar-refractivity contribution in [2.24, 2.45) is 11.8 Å². The topological polar surface area (TPSA) is 126 Å². The lowest BCUT2D eigenvalue weighted by Gasteiger charge is -2.23. The minimum absolute atomic E-state index is 0.368. The fraction of sp³-hybridized carbons (Fsp3) is 0.706. The van der Waals surface area contributed by atoms with Gasteiger partial charge in [0.15, 0.2) is 23.2 Å². The molecule has 3 fully saturated rings. The molecule has 0 aromatic carbocycles. The van der Waals surface area contributed by atoms with Gasteiger partial charge in [0.05, 0.1) is 12.9 Å². The SMILES string of the molecule is OC[C@H]1O[C@@H](n2cnc3c(N[C@@H]4C[C@@H]5CC[C@H]4C5)ncnc32)[C@H](O)[C@@H]1O. The van der Waals surface area contributed by atoms with Crippen molar-refractivity contribution in [3.8, 4) is 0 Å². The molecule has 9 heteroatoms. The lowest BCUT2D eigenvalue weighted by Crippen LogP contribution is -2.33. The molecule has 0 radical (unpaired) electrons. The number of nitrogens with zero attached hydrogens (tertiary/aromatic N) is 4. The van der Waals surface area contributed by atoms with Gasteiger partial charge in [0, 0.05) is 6.04 Å². The summed E-state index contributed by atoms with van der Waals surface area (Å²) in [5, 5.41) is 33.1. The minimum Gasteiger partial charge on any atom is -0.394 e. The van der Waals surface area contributed by atoms with Crippen molar-refractivity contribution in [2.45, 2.75) is 56.3 Å². The molecular formula is C17H23N5O4. The zero-order chi connectivity index (χ0) is 17.8. The third-order valence-electron chi connectivity index (χ3n) is 6.21. The lowest BCUT2D eigenvalue weighted by molar-refractivity contribution is -0.0511. The van der Waals surface area contributed by atoms with Gasteiger partial charge in [0.1, 0.15) is 24.6 Å². The summed E-state index contributed by atoms with van der Waals surface area (Å²) < 4.78 is 7.18. The van der Waals surface area contributed by atoms with E-state index in [0.29, 0.717) is 28.9 Å². The molecule has 2 bridgehead atoms. The second-order valence-electron chi connectivity index (χ2n) is 7.70. The summed E-state index contributed by atoms with van der Waals surface area (Å²) >= 11 is 0. The molecule has 3 aliphatic rings. The van der Waals surface area contributed by atoms with E-state index in [4.69, 9.17) is 4.74 Å². The fourth-order valence-electron chi connectivity index (χ4n) is 4.85. The predicted molar refractivity (Wildman–Crippen MR) is 91.2 cm³/mol. The van der Waals surface area contributed by atoms with Crippen LogP contribution in [0.15, 0.2) is 12.7 Å². The Morgan fingerprint density at radius 1 is 1.15 bits per heavy atom. The molecule has 2 aromatic heterocycles. The van der Waals surface area contributed by atoms with Gasteiger partial charge >= 0.3 is 0 Å². The van der Waals surface area contributed by atoms with E-state index in [0.717, 1.165) is 5.92 Å². The molecule has 7 atom stereocenters. The number of hydrogen-bond donors (Lipinski definition) is 4. The van der Waals surface area contributed by atoms with Gasteiger partial charge in [-0.3, -0.25) is 4.57 Å². The third-order valence-corrected chi connectivity index (χ3v) is 6.21. The van der Waals surface area contributed by atoms with E-state index in [9.17, 15) is 15.3 Å². The third kappa shape index (κ3) is 2.42. The van der Waals surface area contributed by atoms with Crippen LogP contribution in [0.3, 0.4) is 0 Å². The number of nitrogens with one attached hydrogen (secondary N) is 1. The molecule has 1 saturated heterocycles. The quantitative estimate of drug-likeness (QED) is 0.601. The molecule has 0 spiro atoms. The summed E-state index contributed by atoms with van der Waals surface area (Å²) in [6.45, 7) is -0.368. The van der Waals surface area contributed by atoms with E-state index in [1.807, 2.05) is 0 Å². The summed E-state index contributed by atoms with van der Waals surface area (Å²) in [6.07, 6.45) is 4.07. The highest BCUT2D eigenvalue weighted by atomic mass is 16.6. The van der Waals surface area contributed by atoms with Crippen LogP contribution in [0.2, 0.25) is 0 Å². The van der Waals surface area contributed by atoms with E-state index >= 15 is 0 Å². The van der Waals surface area contributed by atoms with E-state index in [-0.39, 0.29) is 6.61 Å². The highest BCUT2D eigenvalue weighted by Gasteiger charge is 2.44. The lowest BCUT2D eigenvalue weighted by atomic mass is 9.95. The summed E-state index contributed by atoms with van der Waals surface area (Å²) in [6, 6.07) is 0.422.